The highest BCUT2D eigenvalue weighted by Crippen LogP contribution is 2.24. The minimum atomic E-state index is 0.602. The van der Waals surface area contributed by atoms with Gasteiger partial charge >= 0.3 is 0 Å². The van der Waals surface area contributed by atoms with Crippen molar-refractivity contribution in [1.82, 2.24) is 19.9 Å². The highest BCUT2D eigenvalue weighted by Gasteiger charge is 2.19. The minimum Gasteiger partial charge on any atom is -0.329 e. The highest BCUT2D eigenvalue weighted by molar-refractivity contribution is 7.07. The molecule has 2 aromatic rings. The molecule has 17 heavy (non-hydrogen) atoms. The van der Waals surface area contributed by atoms with Gasteiger partial charge in [0.2, 0.25) is 0 Å². The van der Waals surface area contributed by atoms with Gasteiger partial charge in [0.25, 0.3) is 0 Å². The van der Waals surface area contributed by atoms with Crippen molar-refractivity contribution in [1.29, 1.82) is 0 Å². The Bertz CT molecular complexity index is 457. The number of imidazole rings is 1. The number of hydrogen-bond acceptors (Lipinski definition) is 4. The molecule has 4 nitrogen and oxygen atoms in total. The van der Waals surface area contributed by atoms with Crippen molar-refractivity contribution < 1.29 is 0 Å². The van der Waals surface area contributed by atoms with E-state index in [0.717, 1.165) is 25.3 Å². The van der Waals surface area contributed by atoms with Crippen LogP contribution in [0.3, 0.4) is 0 Å². The van der Waals surface area contributed by atoms with Crippen LogP contribution in [0.1, 0.15) is 30.3 Å². The molecule has 5 heteroatoms. The van der Waals surface area contributed by atoms with Crippen LogP contribution in [0.15, 0.2) is 23.3 Å². The highest BCUT2D eigenvalue weighted by atomic mass is 32.1. The molecule has 1 saturated heterocycles. The average molecular weight is 248 g/mol. The number of nitrogens with zero attached hydrogens (tertiary/aromatic N) is 3. The van der Waals surface area contributed by atoms with Gasteiger partial charge in [-0.2, -0.15) is 0 Å². The van der Waals surface area contributed by atoms with E-state index in [4.69, 9.17) is 0 Å². The van der Waals surface area contributed by atoms with Gasteiger partial charge in [-0.3, -0.25) is 0 Å². The van der Waals surface area contributed by atoms with E-state index in [-0.39, 0.29) is 0 Å². The molecule has 0 spiro atoms. The molecule has 0 aromatic carbocycles. The first kappa shape index (κ1) is 10.9. The van der Waals surface area contributed by atoms with E-state index in [9.17, 15) is 0 Å². The summed E-state index contributed by atoms with van der Waals surface area (Å²) in [6.07, 6.45) is 6.35. The molecule has 1 N–H and O–H groups in total. The summed E-state index contributed by atoms with van der Waals surface area (Å²) in [5.41, 5.74) is 3.01. The SMILES string of the molecule is c1cn(Cc2cscn2)c(C2CCNCC2)n1. The Morgan fingerprint density at radius 2 is 2.24 bits per heavy atom. The van der Waals surface area contributed by atoms with Crippen molar-refractivity contribution in [3.8, 4) is 0 Å². The van der Waals surface area contributed by atoms with Gasteiger partial charge < -0.3 is 9.88 Å². The fourth-order valence-corrected chi connectivity index (χ4v) is 2.93. The van der Waals surface area contributed by atoms with Crippen LogP contribution >= 0.6 is 11.3 Å². The van der Waals surface area contributed by atoms with Crippen LogP contribution in [0.5, 0.6) is 0 Å². The Morgan fingerprint density at radius 1 is 1.35 bits per heavy atom. The molecule has 1 aliphatic heterocycles. The summed E-state index contributed by atoms with van der Waals surface area (Å²) >= 11 is 1.65. The van der Waals surface area contributed by atoms with Crippen LogP contribution in [-0.4, -0.2) is 27.6 Å². The zero-order valence-corrected chi connectivity index (χ0v) is 10.5. The van der Waals surface area contributed by atoms with Gasteiger partial charge in [-0.15, -0.1) is 11.3 Å². The number of thiazole rings is 1. The summed E-state index contributed by atoms with van der Waals surface area (Å²) in [5.74, 6) is 1.82. The van der Waals surface area contributed by atoms with Crippen LogP contribution in [0.4, 0.5) is 0 Å². The van der Waals surface area contributed by atoms with Crippen molar-refractivity contribution in [2.45, 2.75) is 25.3 Å². The van der Waals surface area contributed by atoms with E-state index < -0.39 is 0 Å². The third kappa shape index (κ3) is 2.40. The van der Waals surface area contributed by atoms with E-state index in [2.05, 4.69) is 31.4 Å². The lowest BCUT2D eigenvalue weighted by molar-refractivity contribution is 0.433. The van der Waals surface area contributed by atoms with Gasteiger partial charge in [0, 0.05) is 23.7 Å². The van der Waals surface area contributed by atoms with Crippen molar-refractivity contribution in [2.75, 3.05) is 13.1 Å². The van der Waals surface area contributed by atoms with E-state index in [1.807, 2.05) is 11.7 Å². The third-order valence-corrected chi connectivity index (χ3v) is 3.90. The van der Waals surface area contributed by atoms with Crippen LogP contribution in [0, 0.1) is 0 Å². The molecule has 3 rings (SSSR count). The summed E-state index contributed by atoms with van der Waals surface area (Å²) in [6, 6.07) is 0. The molecule has 0 saturated carbocycles. The van der Waals surface area contributed by atoms with Crippen LogP contribution in [0.2, 0.25) is 0 Å². The molecule has 0 atom stereocenters. The Labute approximate surface area is 105 Å². The first-order valence-corrected chi connectivity index (χ1v) is 6.96. The fraction of sp³-hybridized carbons (Fsp3) is 0.500. The quantitative estimate of drug-likeness (QED) is 0.901. The lowest BCUT2D eigenvalue weighted by Gasteiger charge is -2.22. The van der Waals surface area contributed by atoms with E-state index in [1.165, 1.54) is 18.7 Å². The first-order chi connectivity index (χ1) is 8.43. The molecule has 0 bridgehead atoms. The van der Waals surface area contributed by atoms with Crippen molar-refractivity contribution >= 4 is 11.3 Å². The number of hydrogen-bond donors (Lipinski definition) is 1. The lowest BCUT2D eigenvalue weighted by Crippen LogP contribution is -2.28. The predicted molar refractivity (Wildman–Crippen MR) is 68.3 cm³/mol. The lowest BCUT2D eigenvalue weighted by atomic mass is 9.97. The van der Waals surface area contributed by atoms with Crippen molar-refractivity contribution in [3.05, 3.63) is 34.8 Å². The summed E-state index contributed by atoms with van der Waals surface area (Å²) in [7, 11) is 0. The molecule has 0 amide bonds. The number of rotatable bonds is 3. The van der Waals surface area contributed by atoms with Crippen molar-refractivity contribution in [3.63, 3.8) is 0 Å². The maximum absolute atomic E-state index is 4.53. The Balaban J connectivity index is 1.78. The second-order valence-electron chi connectivity index (χ2n) is 4.42. The molecule has 1 fully saturated rings. The summed E-state index contributed by atoms with van der Waals surface area (Å²) in [4.78, 5) is 8.87. The number of aromatic nitrogens is 3. The summed E-state index contributed by atoms with van der Waals surface area (Å²) < 4.78 is 2.24. The normalized spacial score (nSPS) is 17.4. The maximum atomic E-state index is 4.53. The standard InChI is InChI=1S/C12H16N4S/c1-3-13-4-2-10(1)12-14-5-6-16(12)7-11-8-17-9-15-11/h5-6,8-10,13H,1-4,7H2. The third-order valence-electron chi connectivity index (χ3n) is 3.27. The monoisotopic (exact) mass is 248 g/mol. The molecule has 2 aromatic heterocycles. The van der Waals surface area contributed by atoms with Gasteiger partial charge in [0.1, 0.15) is 5.82 Å². The molecular weight excluding hydrogens is 232 g/mol. The predicted octanol–water partition coefficient (Wildman–Crippen LogP) is 1.85. The van der Waals surface area contributed by atoms with Gasteiger partial charge in [0.05, 0.1) is 17.7 Å². The topological polar surface area (TPSA) is 42.7 Å². The minimum absolute atomic E-state index is 0.602. The first-order valence-electron chi connectivity index (χ1n) is 6.02. The van der Waals surface area contributed by atoms with Gasteiger partial charge in [-0.1, -0.05) is 0 Å². The largest absolute Gasteiger partial charge is 0.329 e. The summed E-state index contributed by atoms with van der Waals surface area (Å²) in [5, 5.41) is 5.50. The van der Waals surface area contributed by atoms with E-state index >= 15 is 0 Å². The number of nitrogens with one attached hydrogen (secondary N) is 1. The molecule has 0 radical (unpaired) electrons. The number of piperidine rings is 1. The van der Waals surface area contributed by atoms with Gasteiger partial charge in [-0.25, -0.2) is 9.97 Å². The van der Waals surface area contributed by atoms with Crippen molar-refractivity contribution in [2.24, 2.45) is 0 Å². The molecule has 90 valence electrons. The van der Waals surface area contributed by atoms with E-state index in [1.54, 1.807) is 11.3 Å². The van der Waals surface area contributed by atoms with Crippen LogP contribution in [-0.2, 0) is 6.54 Å². The molecule has 0 unspecified atom stereocenters. The van der Waals surface area contributed by atoms with Crippen LogP contribution < -0.4 is 5.32 Å². The Hall–Kier alpha value is -1.20. The second-order valence-corrected chi connectivity index (χ2v) is 5.14. The molecule has 3 heterocycles. The zero-order valence-electron chi connectivity index (χ0n) is 9.67. The Morgan fingerprint density at radius 3 is 3.00 bits per heavy atom. The maximum Gasteiger partial charge on any atom is 0.112 e. The van der Waals surface area contributed by atoms with Crippen LogP contribution in [0.25, 0.3) is 0 Å². The summed E-state index contributed by atoms with van der Waals surface area (Å²) in [6.45, 7) is 3.06. The average Bonchev–Trinajstić information content (AvgIpc) is 3.02. The zero-order chi connectivity index (χ0) is 11.5. The molecule has 0 aliphatic carbocycles. The Kier molecular flexibility index (Phi) is 3.20. The van der Waals surface area contributed by atoms with Gasteiger partial charge in [0.15, 0.2) is 0 Å². The smallest absolute Gasteiger partial charge is 0.112 e. The fourth-order valence-electron chi connectivity index (χ4n) is 2.38. The van der Waals surface area contributed by atoms with Gasteiger partial charge in [-0.05, 0) is 25.9 Å². The second kappa shape index (κ2) is 4.98. The molecule has 1 aliphatic rings. The molecular formula is C12H16N4S. The van der Waals surface area contributed by atoms with E-state index in [0.29, 0.717) is 5.92 Å².